The Morgan fingerprint density at radius 3 is 2.53 bits per heavy atom. The third kappa shape index (κ3) is 3.20. The van der Waals surface area contributed by atoms with Crippen molar-refractivity contribution in [3.05, 3.63) is 40.6 Å². The molecule has 0 aliphatic carbocycles. The second-order valence-electron chi connectivity index (χ2n) is 3.79. The van der Waals surface area contributed by atoms with Crippen LogP contribution in [-0.4, -0.2) is 17.0 Å². The molecule has 6 heteroatoms. The van der Waals surface area contributed by atoms with Gasteiger partial charge in [-0.25, -0.2) is 9.97 Å². The lowest BCUT2D eigenvalue weighted by atomic mass is 10.1. The van der Waals surface area contributed by atoms with Crippen molar-refractivity contribution < 1.29 is 0 Å². The number of halogens is 1. The van der Waals surface area contributed by atoms with Crippen molar-refractivity contribution in [3.63, 3.8) is 0 Å². The minimum Gasteiger partial charge on any atom is -0.372 e. The Hall–Kier alpha value is -2.13. The number of rotatable bonds is 4. The topological polar surface area (TPSA) is 73.6 Å². The van der Waals surface area contributed by atoms with E-state index in [-0.39, 0.29) is 0 Å². The first-order valence-electron chi connectivity index (χ1n) is 5.65. The van der Waals surface area contributed by atoms with Crippen molar-refractivity contribution in [2.24, 2.45) is 0 Å². The van der Waals surface area contributed by atoms with Gasteiger partial charge in [-0.3, -0.25) is 0 Å². The second-order valence-corrected chi connectivity index (χ2v) is 4.58. The van der Waals surface area contributed by atoms with Gasteiger partial charge in [0.1, 0.15) is 22.4 Å². The van der Waals surface area contributed by atoms with Gasteiger partial charge < -0.3 is 10.6 Å². The summed E-state index contributed by atoms with van der Waals surface area (Å²) in [7, 11) is 1.80. The van der Waals surface area contributed by atoms with Crippen LogP contribution < -0.4 is 10.6 Å². The van der Waals surface area contributed by atoms with E-state index in [1.54, 1.807) is 7.05 Å². The van der Waals surface area contributed by atoms with Gasteiger partial charge >= 0.3 is 0 Å². The highest BCUT2D eigenvalue weighted by molar-refractivity contribution is 9.10. The molecule has 1 heterocycles. The molecule has 19 heavy (non-hydrogen) atoms. The zero-order valence-corrected chi connectivity index (χ0v) is 11.9. The summed E-state index contributed by atoms with van der Waals surface area (Å²) in [5.74, 6) is 1.41. The highest BCUT2D eigenvalue weighted by atomic mass is 79.9. The first kappa shape index (κ1) is 13.3. The molecule has 0 saturated heterocycles. The van der Waals surface area contributed by atoms with Crippen molar-refractivity contribution in [1.82, 2.24) is 9.97 Å². The zero-order valence-electron chi connectivity index (χ0n) is 10.3. The molecule has 0 saturated carbocycles. The molecule has 0 atom stereocenters. The van der Waals surface area contributed by atoms with Crippen LogP contribution in [0.25, 0.3) is 0 Å². The molecule has 0 aliphatic rings. The van der Waals surface area contributed by atoms with E-state index < -0.39 is 0 Å². The normalized spacial score (nSPS) is 9.74. The molecule has 0 amide bonds. The molecule has 5 nitrogen and oxygen atoms in total. The maximum Gasteiger partial charge on any atom is 0.150 e. The van der Waals surface area contributed by atoms with E-state index in [1.165, 1.54) is 6.33 Å². The molecule has 0 spiro atoms. The Kier molecular flexibility index (Phi) is 4.31. The van der Waals surface area contributed by atoms with Crippen LogP contribution in [0.15, 0.2) is 35.1 Å². The summed E-state index contributed by atoms with van der Waals surface area (Å²) in [5, 5.41) is 14.8. The minimum absolute atomic E-state index is 0.418. The molecule has 1 aromatic carbocycles. The van der Waals surface area contributed by atoms with E-state index in [0.29, 0.717) is 12.2 Å². The summed E-state index contributed by atoms with van der Waals surface area (Å²) in [4.78, 5) is 8.27. The highest BCUT2D eigenvalue weighted by Crippen LogP contribution is 2.28. The van der Waals surface area contributed by atoms with Gasteiger partial charge in [-0.2, -0.15) is 5.26 Å². The van der Waals surface area contributed by atoms with E-state index in [0.717, 1.165) is 21.5 Å². The van der Waals surface area contributed by atoms with Crippen LogP contribution in [0.3, 0.4) is 0 Å². The molecule has 2 aromatic rings. The van der Waals surface area contributed by atoms with Gasteiger partial charge in [0.15, 0.2) is 0 Å². The van der Waals surface area contributed by atoms with Crippen LogP contribution >= 0.6 is 15.9 Å². The summed E-state index contributed by atoms with van der Waals surface area (Å²) in [6.07, 6.45) is 1.91. The zero-order chi connectivity index (χ0) is 13.7. The van der Waals surface area contributed by atoms with Gasteiger partial charge in [0.05, 0.1) is 12.5 Å². The molecule has 1 aromatic heterocycles. The molecule has 2 N–H and O–H groups in total. The van der Waals surface area contributed by atoms with Crippen molar-refractivity contribution in [2.75, 3.05) is 17.7 Å². The molecule has 2 rings (SSSR count). The van der Waals surface area contributed by atoms with Crippen molar-refractivity contribution in [3.8, 4) is 6.07 Å². The van der Waals surface area contributed by atoms with Crippen molar-refractivity contribution in [2.45, 2.75) is 6.42 Å². The van der Waals surface area contributed by atoms with Gasteiger partial charge in [-0.05, 0) is 33.6 Å². The van der Waals surface area contributed by atoms with Gasteiger partial charge in [0.2, 0.25) is 0 Å². The number of hydrogen-bond acceptors (Lipinski definition) is 5. The fourth-order valence-corrected chi connectivity index (χ4v) is 2.07. The van der Waals surface area contributed by atoms with E-state index in [2.05, 4.69) is 42.6 Å². The standard InChI is InChI=1S/C13H12BrN5/c1-16-12-11(14)13(18-8-17-12)19-10-4-2-9(3-5-10)6-7-15/h2-5,8H,6H2,1H3,(H2,16,17,18,19). The van der Waals surface area contributed by atoms with Gasteiger partial charge in [-0.15, -0.1) is 0 Å². The third-order valence-electron chi connectivity index (χ3n) is 2.53. The summed E-state index contributed by atoms with van der Waals surface area (Å²) >= 11 is 3.45. The van der Waals surface area contributed by atoms with Crippen LogP contribution in [0.2, 0.25) is 0 Å². The lowest BCUT2D eigenvalue weighted by Crippen LogP contribution is -2.00. The van der Waals surface area contributed by atoms with E-state index >= 15 is 0 Å². The Balaban J connectivity index is 2.19. The van der Waals surface area contributed by atoms with Crippen LogP contribution in [0, 0.1) is 11.3 Å². The molecule has 0 fully saturated rings. The largest absolute Gasteiger partial charge is 0.372 e. The summed E-state index contributed by atoms with van der Waals surface area (Å²) < 4.78 is 0.776. The van der Waals surface area contributed by atoms with Crippen LogP contribution in [0.4, 0.5) is 17.3 Å². The number of hydrogen-bond donors (Lipinski definition) is 2. The van der Waals surface area contributed by atoms with Crippen LogP contribution in [-0.2, 0) is 6.42 Å². The molecule has 0 radical (unpaired) electrons. The Labute approximate surface area is 119 Å². The summed E-state index contributed by atoms with van der Waals surface area (Å²) in [6.45, 7) is 0. The first-order valence-corrected chi connectivity index (χ1v) is 6.45. The van der Waals surface area contributed by atoms with E-state index in [4.69, 9.17) is 5.26 Å². The average Bonchev–Trinajstić information content (AvgIpc) is 2.43. The predicted molar refractivity (Wildman–Crippen MR) is 78.3 cm³/mol. The monoisotopic (exact) mass is 317 g/mol. The Morgan fingerprint density at radius 1 is 1.21 bits per heavy atom. The predicted octanol–water partition coefficient (Wildman–Crippen LogP) is 3.09. The lowest BCUT2D eigenvalue weighted by Gasteiger charge is -2.10. The van der Waals surface area contributed by atoms with Crippen molar-refractivity contribution >= 4 is 33.3 Å². The number of anilines is 3. The molecule has 96 valence electrons. The number of aromatic nitrogens is 2. The second kappa shape index (κ2) is 6.16. The van der Waals surface area contributed by atoms with E-state index in [9.17, 15) is 0 Å². The van der Waals surface area contributed by atoms with Crippen LogP contribution in [0.1, 0.15) is 5.56 Å². The SMILES string of the molecule is CNc1ncnc(Nc2ccc(CC#N)cc2)c1Br. The molecule has 0 aliphatic heterocycles. The van der Waals surface area contributed by atoms with Gasteiger partial charge in [0.25, 0.3) is 0 Å². The summed E-state index contributed by atoms with van der Waals surface area (Å²) in [5.41, 5.74) is 1.90. The fourth-order valence-electron chi connectivity index (χ4n) is 1.57. The summed E-state index contributed by atoms with van der Waals surface area (Å²) in [6, 6.07) is 9.79. The molecule has 0 bridgehead atoms. The van der Waals surface area contributed by atoms with Gasteiger partial charge in [-0.1, -0.05) is 12.1 Å². The lowest BCUT2D eigenvalue weighted by molar-refractivity contribution is 1.14. The maximum atomic E-state index is 8.62. The molecular formula is C13H12BrN5. The smallest absolute Gasteiger partial charge is 0.150 e. The van der Waals surface area contributed by atoms with E-state index in [1.807, 2.05) is 24.3 Å². The first-order chi connectivity index (χ1) is 9.24. The van der Waals surface area contributed by atoms with Crippen molar-refractivity contribution in [1.29, 1.82) is 5.26 Å². The fraction of sp³-hybridized carbons (Fsp3) is 0.154. The average molecular weight is 318 g/mol. The highest BCUT2D eigenvalue weighted by Gasteiger charge is 2.07. The quantitative estimate of drug-likeness (QED) is 0.906. The van der Waals surface area contributed by atoms with Gasteiger partial charge in [0, 0.05) is 12.7 Å². The maximum absolute atomic E-state index is 8.62. The molecule has 0 unspecified atom stereocenters. The number of benzene rings is 1. The minimum atomic E-state index is 0.418. The molecular weight excluding hydrogens is 306 g/mol. The Bertz CT molecular complexity index is 603. The number of nitrogens with one attached hydrogen (secondary N) is 2. The van der Waals surface area contributed by atoms with Crippen LogP contribution in [0.5, 0.6) is 0 Å². The third-order valence-corrected chi connectivity index (χ3v) is 3.28. The number of nitrogens with zero attached hydrogens (tertiary/aromatic N) is 3. The number of nitriles is 1. The Morgan fingerprint density at radius 2 is 1.89 bits per heavy atom.